The predicted octanol–water partition coefficient (Wildman–Crippen LogP) is 1.18. The Morgan fingerprint density at radius 1 is 1.38 bits per heavy atom. The lowest BCUT2D eigenvalue weighted by Crippen LogP contribution is -2.37. The van der Waals surface area contributed by atoms with Crippen molar-refractivity contribution in [3.8, 4) is 5.75 Å². The van der Waals surface area contributed by atoms with Gasteiger partial charge in [-0.3, -0.25) is 4.79 Å². The Balaban J connectivity index is 2.55. The minimum absolute atomic E-state index is 0.120. The Kier molecular flexibility index (Phi) is 4.31. The molecule has 0 saturated carbocycles. The number of rotatable bonds is 4. The number of carbonyl (C=O) groups excluding carboxylic acids is 1. The van der Waals surface area contributed by atoms with Gasteiger partial charge in [-0.15, -0.1) is 0 Å². The van der Waals surface area contributed by atoms with E-state index in [4.69, 9.17) is 10.5 Å². The maximum absolute atomic E-state index is 11.0. The number of carbonyl (C=O) groups is 1. The number of ether oxygens (including phenoxy) is 2. The highest BCUT2D eigenvalue weighted by molar-refractivity contribution is 5.75. The van der Waals surface area contributed by atoms with Crippen molar-refractivity contribution in [1.29, 1.82) is 0 Å². The van der Waals surface area contributed by atoms with E-state index < -0.39 is 12.0 Å². The van der Waals surface area contributed by atoms with E-state index in [2.05, 4.69) is 4.74 Å². The minimum Gasteiger partial charge on any atom is -0.491 e. The molecule has 88 valence electrons. The molecule has 0 saturated heterocycles. The predicted molar refractivity (Wildman–Crippen MR) is 61.4 cm³/mol. The molecule has 1 aromatic carbocycles. The van der Waals surface area contributed by atoms with Gasteiger partial charge in [0.2, 0.25) is 0 Å². The average molecular weight is 223 g/mol. The fraction of sp³-hybridized carbons (Fsp3) is 0.417. The van der Waals surface area contributed by atoms with Crippen molar-refractivity contribution in [3.63, 3.8) is 0 Å². The van der Waals surface area contributed by atoms with Crippen LogP contribution in [0.2, 0.25) is 0 Å². The Morgan fingerprint density at radius 2 is 2.06 bits per heavy atom. The quantitative estimate of drug-likeness (QED) is 0.779. The molecule has 0 heterocycles. The van der Waals surface area contributed by atoms with Crippen LogP contribution in [0.4, 0.5) is 0 Å². The Hall–Kier alpha value is -1.55. The standard InChI is InChI=1S/C12H17NO3/c1-8-4-5-10(6-9(8)2)16-7-11(13)12(14)15-3/h4-6,11H,7,13H2,1-3H3. The molecule has 4 heteroatoms. The van der Waals surface area contributed by atoms with Crippen molar-refractivity contribution in [3.05, 3.63) is 29.3 Å². The summed E-state index contributed by atoms with van der Waals surface area (Å²) in [4.78, 5) is 11.0. The lowest BCUT2D eigenvalue weighted by molar-refractivity contribution is -0.142. The maximum Gasteiger partial charge on any atom is 0.326 e. The number of esters is 1. The highest BCUT2D eigenvalue weighted by Crippen LogP contribution is 2.16. The minimum atomic E-state index is -0.744. The van der Waals surface area contributed by atoms with Gasteiger partial charge in [0, 0.05) is 0 Å². The molecule has 16 heavy (non-hydrogen) atoms. The van der Waals surface area contributed by atoms with Gasteiger partial charge in [-0.25, -0.2) is 0 Å². The van der Waals surface area contributed by atoms with Gasteiger partial charge in [0.25, 0.3) is 0 Å². The maximum atomic E-state index is 11.0. The third kappa shape index (κ3) is 3.24. The number of hydrogen-bond donors (Lipinski definition) is 1. The fourth-order valence-electron chi connectivity index (χ4n) is 1.21. The zero-order valence-corrected chi connectivity index (χ0v) is 9.82. The molecule has 0 radical (unpaired) electrons. The van der Waals surface area contributed by atoms with Gasteiger partial charge in [-0.1, -0.05) is 6.07 Å². The molecule has 0 fully saturated rings. The van der Waals surface area contributed by atoms with Gasteiger partial charge < -0.3 is 15.2 Å². The second-order valence-electron chi connectivity index (χ2n) is 3.69. The summed E-state index contributed by atoms with van der Waals surface area (Å²) in [6, 6.07) is 4.99. The van der Waals surface area contributed by atoms with E-state index in [1.807, 2.05) is 32.0 Å². The summed E-state index contributed by atoms with van der Waals surface area (Å²) in [6.07, 6.45) is 0. The van der Waals surface area contributed by atoms with Crippen LogP contribution in [-0.4, -0.2) is 25.7 Å². The zero-order chi connectivity index (χ0) is 12.1. The van der Waals surface area contributed by atoms with Crippen LogP contribution in [0.15, 0.2) is 18.2 Å². The Morgan fingerprint density at radius 3 is 2.62 bits per heavy atom. The van der Waals surface area contributed by atoms with Crippen molar-refractivity contribution in [2.45, 2.75) is 19.9 Å². The van der Waals surface area contributed by atoms with Crippen LogP contribution in [0.3, 0.4) is 0 Å². The number of methoxy groups -OCH3 is 1. The Bertz CT molecular complexity index is 377. The normalized spacial score (nSPS) is 12.0. The fourth-order valence-corrected chi connectivity index (χ4v) is 1.21. The summed E-state index contributed by atoms with van der Waals surface area (Å²) in [5, 5.41) is 0. The molecule has 1 aromatic rings. The smallest absolute Gasteiger partial charge is 0.326 e. The molecule has 2 N–H and O–H groups in total. The molecule has 1 rings (SSSR count). The van der Waals surface area contributed by atoms with Crippen LogP contribution in [0.1, 0.15) is 11.1 Å². The number of benzene rings is 1. The number of nitrogens with two attached hydrogens (primary N) is 1. The van der Waals surface area contributed by atoms with Gasteiger partial charge in [-0.05, 0) is 37.1 Å². The van der Waals surface area contributed by atoms with Crippen LogP contribution >= 0.6 is 0 Å². The van der Waals surface area contributed by atoms with Crippen molar-refractivity contribution in [2.75, 3.05) is 13.7 Å². The lowest BCUT2D eigenvalue weighted by atomic mass is 10.1. The Labute approximate surface area is 95.3 Å². The lowest BCUT2D eigenvalue weighted by Gasteiger charge is -2.12. The summed E-state index contributed by atoms with van der Waals surface area (Å²) in [5.74, 6) is 0.242. The van der Waals surface area contributed by atoms with E-state index in [-0.39, 0.29) is 6.61 Å². The van der Waals surface area contributed by atoms with E-state index in [1.54, 1.807) is 0 Å². The summed E-state index contributed by atoms with van der Waals surface area (Å²) in [6.45, 7) is 4.15. The van der Waals surface area contributed by atoms with Crippen LogP contribution in [0.25, 0.3) is 0 Å². The second kappa shape index (κ2) is 5.51. The summed E-state index contributed by atoms with van der Waals surface area (Å²) < 4.78 is 9.90. The van der Waals surface area contributed by atoms with E-state index in [0.29, 0.717) is 5.75 Å². The molecule has 0 spiro atoms. The molecule has 0 aromatic heterocycles. The van der Waals surface area contributed by atoms with E-state index in [0.717, 1.165) is 5.56 Å². The molecule has 0 aliphatic rings. The largest absolute Gasteiger partial charge is 0.491 e. The van der Waals surface area contributed by atoms with Crippen molar-refractivity contribution >= 4 is 5.97 Å². The monoisotopic (exact) mass is 223 g/mol. The SMILES string of the molecule is COC(=O)C(N)COc1ccc(C)c(C)c1. The second-order valence-corrected chi connectivity index (χ2v) is 3.69. The number of hydrogen-bond acceptors (Lipinski definition) is 4. The first-order chi connectivity index (χ1) is 7.54. The van der Waals surface area contributed by atoms with Crippen LogP contribution in [0, 0.1) is 13.8 Å². The van der Waals surface area contributed by atoms with Gasteiger partial charge >= 0.3 is 5.97 Å². The first-order valence-corrected chi connectivity index (χ1v) is 5.08. The molecule has 1 atom stereocenters. The number of aryl methyl sites for hydroxylation is 2. The molecule has 0 amide bonds. The molecule has 0 aliphatic carbocycles. The topological polar surface area (TPSA) is 61.5 Å². The van der Waals surface area contributed by atoms with Gasteiger partial charge in [0.1, 0.15) is 18.4 Å². The van der Waals surface area contributed by atoms with Crippen molar-refractivity contribution in [2.24, 2.45) is 5.73 Å². The van der Waals surface area contributed by atoms with Crippen LogP contribution in [-0.2, 0) is 9.53 Å². The highest BCUT2D eigenvalue weighted by Gasteiger charge is 2.14. The molecule has 0 aliphatic heterocycles. The third-order valence-corrected chi connectivity index (χ3v) is 2.41. The average Bonchev–Trinajstić information content (AvgIpc) is 2.29. The summed E-state index contributed by atoms with van der Waals surface area (Å²) in [5.41, 5.74) is 7.89. The van der Waals surface area contributed by atoms with E-state index >= 15 is 0 Å². The van der Waals surface area contributed by atoms with Crippen molar-refractivity contribution in [1.82, 2.24) is 0 Å². The van der Waals surface area contributed by atoms with Gasteiger partial charge in [-0.2, -0.15) is 0 Å². The van der Waals surface area contributed by atoms with Crippen molar-refractivity contribution < 1.29 is 14.3 Å². The third-order valence-electron chi connectivity index (χ3n) is 2.41. The van der Waals surface area contributed by atoms with Crippen LogP contribution < -0.4 is 10.5 Å². The molecule has 0 bridgehead atoms. The highest BCUT2D eigenvalue weighted by atomic mass is 16.5. The zero-order valence-electron chi connectivity index (χ0n) is 9.82. The summed E-state index contributed by atoms with van der Waals surface area (Å²) in [7, 11) is 1.30. The first-order valence-electron chi connectivity index (χ1n) is 5.08. The van der Waals surface area contributed by atoms with Gasteiger partial charge in [0.05, 0.1) is 7.11 Å². The molecule has 1 unspecified atom stereocenters. The first kappa shape index (κ1) is 12.5. The van der Waals surface area contributed by atoms with E-state index in [9.17, 15) is 4.79 Å². The molecular formula is C12H17NO3. The summed E-state index contributed by atoms with van der Waals surface area (Å²) >= 11 is 0. The van der Waals surface area contributed by atoms with E-state index in [1.165, 1.54) is 12.7 Å². The molecule has 4 nitrogen and oxygen atoms in total. The molecular weight excluding hydrogens is 206 g/mol. The van der Waals surface area contributed by atoms with Crippen LogP contribution in [0.5, 0.6) is 5.75 Å². The van der Waals surface area contributed by atoms with Gasteiger partial charge in [0.15, 0.2) is 0 Å².